The van der Waals surface area contributed by atoms with Crippen LogP contribution in [0.3, 0.4) is 0 Å². The maximum absolute atomic E-state index is 4.02. The van der Waals surface area contributed by atoms with Gasteiger partial charge in [0.1, 0.15) is 5.69 Å². The van der Waals surface area contributed by atoms with Gasteiger partial charge in [-0.15, -0.1) is 0 Å². The lowest BCUT2D eigenvalue weighted by molar-refractivity contribution is -0.601. The Morgan fingerprint density at radius 1 is 0.933 bits per heavy atom. The van der Waals surface area contributed by atoms with Gasteiger partial charge in [0.2, 0.25) is 0 Å². The van der Waals surface area contributed by atoms with Gasteiger partial charge in [-0.2, -0.15) is 0 Å². The standard InChI is InChI=1S/C14H15N/c1-11-7-4-5-9-13(11)14-12(2)8-6-10-15(14)3/h4-10H,3H2,1-2H3. The van der Waals surface area contributed by atoms with E-state index in [4.69, 9.17) is 0 Å². The fourth-order valence-electron chi connectivity index (χ4n) is 1.88. The molecule has 0 unspecified atom stereocenters. The summed E-state index contributed by atoms with van der Waals surface area (Å²) in [5.74, 6) is 0. The molecule has 0 spiro atoms. The average Bonchev–Trinajstić information content (AvgIpc) is 2.20. The van der Waals surface area contributed by atoms with Crippen molar-refractivity contribution in [2.75, 3.05) is 0 Å². The lowest BCUT2D eigenvalue weighted by Gasteiger charge is -2.12. The number of pyridine rings is 1. The van der Waals surface area contributed by atoms with Gasteiger partial charge >= 0.3 is 0 Å². The van der Waals surface area contributed by atoms with Crippen molar-refractivity contribution in [1.29, 1.82) is 0 Å². The minimum Gasteiger partial charge on any atom is -0.333 e. The third kappa shape index (κ3) is 1.73. The minimum absolute atomic E-state index is 1.19. The fourth-order valence-corrected chi connectivity index (χ4v) is 1.88. The first-order valence-electron chi connectivity index (χ1n) is 5.08. The first-order chi connectivity index (χ1) is 7.20. The van der Waals surface area contributed by atoms with Crippen molar-refractivity contribution < 1.29 is 4.57 Å². The van der Waals surface area contributed by atoms with Gasteiger partial charge in [0.05, 0.1) is 6.20 Å². The van der Waals surface area contributed by atoms with Gasteiger partial charge in [-0.3, -0.25) is 0 Å². The van der Waals surface area contributed by atoms with E-state index in [2.05, 4.69) is 51.2 Å². The molecule has 0 N–H and O–H groups in total. The van der Waals surface area contributed by atoms with Crippen LogP contribution in [0.15, 0.2) is 42.6 Å². The quantitative estimate of drug-likeness (QED) is 0.489. The van der Waals surface area contributed by atoms with Crippen LogP contribution >= 0.6 is 0 Å². The molecule has 0 bridgehead atoms. The van der Waals surface area contributed by atoms with Gasteiger partial charge in [0.15, 0.2) is 0 Å². The summed E-state index contributed by atoms with van der Waals surface area (Å²) in [6.07, 6.45) is 1.98. The molecule has 1 aromatic carbocycles. The molecular weight excluding hydrogens is 182 g/mol. The van der Waals surface area contributed by atoms with Crippen LogP contribution in [0.1, 0.15) is 11.1 Å². The van der Waals surface area contributed by atoms with E-state index in [0.29, 0.717) is 0 Å². The Kier molecular flexibility index (Phi) is 2.46. The number of hydrogen-bond acceptors (Lipinski definition) is 0. The van der Waals surface area contributed by atoms with Gasteiger partial charge in [0.25, 0.3) is 0 Å². The molecule has 0 saturated heterocycles. The summed E-state index contributed by atoms with van der Waals surface area (Å²) in [6.45, 7) is 4.24. The SMILES string of the molecule is [CH2-][n+]1cccc(C)c1-c1ccccc1C. The van der Waals surface area contributed by atoms with Gasteiger partial charge < -0.3 is 4.57 Å². The molecule has 0 amide bonds. The van der Waals surface area contributed by atoms with Crippen molar-refractivity contribution in [3.63, 3.8) is 0 Å². The largest absolute Gasteiger partial charge is 0.333 e. The number of nitrogens with zero attached hydrogens (tertiary/aromatic N) is 1. The number of benzene rings is 1. The molecule has 1 heterocycles. The molecule has 15 heavy (non-hydrogen) atoms. The van der Waals surface area contributed by atoms with Crippen molar-refractivity contribution >= 4 is 0 Å². The maximum Gasteiger partial charge on any atom is 0.115 e. The summed E-state index contributed by atoms with van der Waals surface area (Å²) < 4.78 is 1.93. The van der Waals surface area contributed by atoms with Crippen LogP contribution in [-0.4, -0.2) is 0 Å². The van der Waals surface area contributed by atoms with E-state index in [9.17, 15) is 0 Å². The van der Waals surface area contributed by atoms with E-state index in [0.717, 1.165) is 0 Å². The number of aryl methyl sites for hydroxylation is 2. The van der Waals surface area contributed by atoms with E-state index in [1.54, 1.807) is 0 Å². The summed E-state index contributed by atoms with van der Waals surface area (Å²) in [5.41, 5.74) is 4.98. The van der Waals surface area contributed by atoms with Crippen LogP contribution in [0.5, 0.6) is 0 Å². The number of aromatic nitrogens is 1. The molecule has 0 fully saturated rings. The van der Waals surface area contributed by atoms with E-state index >= 15 is 0 Å². The Morgan fingerprint density at radius 3 is 2.27 bits per heavy atom. The smallest absolute Gasteiger partial charge is 0.115 e. The van der Waals surface area contributed by atoms with E-state index in [1.165, 1.54) is 22.4 Å². The molecule has 76 valence electrons. The Morgan fingerprint density at radius 2 is 1.60 bits per heavy atom. The zero-order valence-electron chi connectivity index (χ0n) is 9.20. The maximum atomic E-state index is 4.02. The van der Waals surface area contributed by atoms with Crippen molar-refractivity contribution in [3.05, 3.63) is 60.8 Å². The van der Waals surface area contributed by atoms with Crippen LogP contribution in [0.4, 0.5) is 0 Å². The van der Waals surface area contributed by atoms with Gasteiger partial charge in [-0.05, 0) is 30.5 Å². The zero-order chi connectivity index (χ0) is 10.8. The minimum atomic E-state index is 1.19. The van der Waals surface area contributed by atoms with E-state index in [-0.39, 0.29) is 0 Å². The second kappa shape index (κ2) is 3.77. The Hall–Kier alpha value is -1.76. The molecular formula is C14H15N. The molecule has 0 aliphatic heterocycles. The van der Waals surface area contributed by atoms with E-state index in [1.807, 2.05) is 16.8 Å². The number of hydrogen-bond donors (Lipinski definition) is 0. The molecule has 0 aliphatic carbocycles. The Balaban J connectivity index is 2.69. The van der Waals surface area contributed by atoms with Crippen molar-refractivity contribution in [2.45, 2.75) is 13.8 Å². The Labute approximate surface area is 91.0 Å². The van der Waals surface area contributed by atoms with Crippen LogP contribution in [0.2, 0.25) is 0 Å². The van der Waals surface area contributed by atoms with E-state index < -0.39 is 0 Å². The average molecular weight is 197 g/mol. The highest BCUT2D eigenvalue weighted by molar-refractivity contribution is 5.63. The van der Waals surface area contributed by atoms with Crippen molar-refractivity contribution in [2.24, 2.45) is 0 Å². The molecule has 0 atom stereocenters. The lowest BCUT2D eigenvalue weighted by atomic mass is 10.0. The molecule has 1 nitrogen and oxygen atoms in total. The zero-order valence-corrected chi connectivity index (χ0v) is 9.20. The molecule has 2 aromatic rings. The predicted molar refractivity (Wildman–Crippen MR) is 62.3 cm³/mol. The topological polar surface area (TPSA) is 3.88 Å². The first kappa shape index (κ1) is 9.78. The van der Waals surface area contributed by atoms with Crippen molar-refractivity contribution in [3.8, 4) is 11.3 Å². The highest BCUT2D eigenvalue weighted by Crippen LogP contribution is 2.22. The molecule has 1 aromatic heterocycles. The summed E-state index contributed by atoms with van der Waals surface area (Å²) in [6, 6.07) is 12.5. The third-order valence-electron chi connectivity index (χ3n) is 2.67. The van der Waals surface area contributed by atoms with Gasteiger partial charge in [-0.25, -0.2) is 0 Å². The molecule has 2 rings (SSSR count). The monoisotopic (exact) mass is 197 g/mol. The summed E-state index contributed by atoms with van der Waals surface area (Å²) >= 11 is 0. The van der Waals surface area contributed by atoms with Crippen LogP contribution in [0, 0.1) is 20.9 Å². The summed E-state index contributed by atoms with van der Waals surface area (Å²) in [7, 11) is 4.02. The Bertz CT molecular complexity index is 466. The first-order valence-corrected chi connectivity index (χ1v) is 5.08. The number of rotatable bonds is 1. The van der Waals surface area contributed by atoms with Crippen molar-refractivity contribution in [1.82, 2.24) is 0 Å². The summed E-state index contributed by atoms with van der Waals surface area (Å²) in [4.78, 5) is 0. The van der Waals surface area contributed by atoms with Crippen LogP contribution in [0.25, 0.3) is 11.3 Å². The van der Waals surface area contributed by atoms with Gasteiger partial charge in [-0.1, -0.05) is 36.4 Å². The van der Waals surface area contributed by atoms with Crippen LogP contribution < -0.4 is 4.57 Å². The second-order valence-corrected chi connectivity index (χ2v) is 3.82. The highest BCUT2D eigenvalue weighted by Gasteiger charge is 2.07. The molecule has 0 radical (unpaired) electrons. The lowest BCUT2D eigenvalue weighted by Crippen LogP contribution is -2.28. The summed E-state index contributed by atoms with van der Waals surface area (Å²) in [5, 5.41) is 0. The molecule has 0 saturated carbocycles. The predicted octanol–water partition coefficient (Wildman–Crippen LogP) is 2.90. The van der Waals surface area contributed by atoms with Gasteiger partial charge in [0, 0.05) is 7.05 Å². The third-order valence-corrected chi connectivity index (χ3v) is 2.67. The highest BCUT2D eigenvalue weighted by atomic mass is 14.9. The molecule has 1 heteroatoms. The normalized spacial score (nSPS) is 10.3. The molecule has 0 aliphatic rings. The fraction of sp³-hybridized carbons (Fsp3) is 0.143. The second-order valence-electron chi connectivity index (χ2n) is 3.82. The van der Waals surface area contributed by atoms with Crippen LogP contribution in [-0.2, 0) is 0 Å².